The van der Waals surface area contributed by atoms with E-state index in [9.17, 15) is 9.18 Å². The fourth-order valence-corrected chi connectivity index (χ4v) is 3.00. The molecule has 1 saturated heterocycles. The Bertz CT molecular complexity index is 506. The molecule has 1 heterocycles. The van der Waals surface area contributed by atoms with E-state index in [1.807, 2.05) is 6.92 Å². The van der Waals surface area contributed by atoms with Gasteiger partial charge in [0, 0.05) is 11.7 Å². The minimum atomic E-state index is -0.463. The third kappa shape index (κ3) is 3.73. The molecule has 0 radical (unpaired) electrons. The van der Waals surface area contributed by atoms with Gasteiger partial charge in [0.25, 0.3) is 0 Å². The molecule has 21 heavy (non-hydrogen) atoms. The highest BCUT2D eigenvalue weighted by Gasteiger charge is 2.29. The summed E-state index contributed by atoms with van der Waals surface area (Å²) in [6, 6.07) is 4.37. The molecule has 4 nitrogen and oxygen atoms in total. The van der Waals surface area contributed by atoms with Gasteiger partial charge in [-0.3, -0.25) is 9.69 Å². The molecule has 1 aromatic rings. The van der Waals surface area contributed by atoms with Crippen LogP contribution in [-0.2, 0) is 4.79 Å². The molecular weight excluding hydrogens is 269 g/mol. The number of nitrogens with two attached hydrogens (primary N) is 1. The van der Waals surface area contributed by atoms with Crippen molar-refractivity contribution in [1.29, 1.82) is 0 Å². The van der Waals surface area contributed by atoms with E-state index in [-0.39, 0.29) is 17.6 Å². The molecule has 2 rings (SSSR count). The molecule has 0 bridgehead atoms. The van der Waals surface area contributed by atoms with Gasteiger partial charge in [-0.2, -0.15) is 0 Å². The van der Waals surface area contributed by atoms with Gasteiger partial charge in [0.1, 0.15) is 5.82 Å². The zero-order valence-electron chi connectivity index (χ0n) is 12.7. The molecule has 1 fully saturated rings. The first-order valence-corrected chi connectivity index (χ1v) is 7.64. The SMILES string of the molecule is CCC1CCCCN1C(C)C(=O)Nc1cc(N)ccc1F. The molecule has 1 aliphatic rings. The van der Waals surface area contributed by atoms with Crippen LogP contribution in [0.3, 0.4) is 0 Å². The van der Waals surface area contributed by atoms with Gasteiger partial charge >= 0.3 is 0 Å². The molecule has 0 aromatic heterocycles. The van der Waals surface area contributed by atoms with Crippen molar-refractivity contribution in [3.8, 4) is 0 Å². The van der Waals surface area contributed by atoms with Gasteiger partial charge in [-0.25, -0.2) is 4.39 Å². The van der Waals surface area contributed by atoms with Crippen molar-refractivity contribution in [2.75, 3.05) is 17.6 Å². The van der Waals surface area contributed by atoms with Gasteiger partial charge in [-0.1, -0.05) is 13.3 Å². The maximum absolute atomic E-state index is 13.7. The van der Waals surface area contributed by atoms with E-state index < -0.39 is 5.82 Å². The van der Waals surface area contributed by atoms with Gasteiger partial charge in [-0.15, -0.1) is 0 Å². The normalized spacial score (nSPS) is 21.0. The summed E-state index contributed by atoms with van der Waals surface area (Å²) in [5, 5.41) is 2.66. The van der Waals surface area contributed by atoms with Crippen LogP contribution in [0, 0.1) is 5.82 Å². The number of piperidine rings is 1. The molecule has 2 unspecified atom stereocenters. The Balaban J connectivity index is 2.06. The number of likely N-dealkylation sites (tertiary alicyclic amines) is 1. The number of halogens is 1. The third-order valence-corrected chi connectivity index (χ3v) is 4.27. The number of nitrogens with one attached hydrogen (secondary N) is 1. The van der Waals surface area contributed by atoms with Crippen LogP contribution >= 0.6 is 0 Å². The van der Waals surface area contributed by atoms with Crippen LogP contribution in [0.5, 0.6) is 0 Å². The van der Waals surface area contributed by atoms with Gasteiger partial charge in [0.15, 0.2) is 0 Å². The average molecular weight is 293 g/mol. The number of carbonyl (C=O) groups is 1. The summed E-state index contributed by atoms with van der Waals surface area (Å²) < 4.78 is 13.7. The molecular formula is C16H24FN3O. The summed E-state index contributed by atoms with van der Waals surface area (Å²) in [7, 11) is 0. The van der Waals surface area contributed by atoms with Crippen LogP contribution in [0.25, 0.3) is 0 Å². The van der Waals surface area contributed by atoms with E-state index in [0.717, 1.165) is 25.8 Å². The Hall–Kier alpha value is -1.62. The second kappa shape index (κ2) is 6.89. The van der Waals surface area contributed by atoms with Crippen molar-refractivity contribution in [2.24, 2.45) is 0 Å². The predicted molar refractivity (Wildman–Crippen MR) is 83.5 cm³/mol. The van der Waals surface area contributed by atoms with E-state index in [1.165, 1.54) is 24.6 Å². The number of hydrogen-bond acceptors (Lipinski definition) is 3. The van der Waals surface area contributed by atoms with E-state index in [4.69, 9.17) is 5.73 Å². The summed E-state index contributed by atoms with van der Waals surface area (Å²) in [6.45, 7) is 4.95. The summed E-state index contributed by atoms with van der Waals surface area (Å²) in [5.74, 6) is -0.643. The standard InChI is InChI=1S/C16H24FN3O/c1-3-13-6-4-5-9-20(13)11(2)16(21)19-15-10-12(18)7-8-14(15)17/h7-8,10-11,13H,3-6,9,18H2,1-2H3,(H,19,21). The predicted octanol–water partition coefficient (Wildman–Crippen LogP) is 3.00. The van der Waals surface area contributed by atoms with E-state index in [0.29, 0.717) is 11.7 Å². The molecule has 1 amide bonds. The lowest BCUT2D eigenvalue weighted by atomic mass is 9.98. The lowest BCUT2D eigenvalue weighted by Crippen LogP contribution is -2.49. The van der Waals surface area contributed by atoms with Gasteiger partial charge in [-0.05, 0) is 50.9 Å². The Morgan fingerprint density at radius 2 is 2.29 bits per heavy atom. The van der Waals surface area contributed by atoms with Gasteiger partial charge in [0.2, 0.25) is 5.91 Å². The van der Waals surface area contributed by atoms with Crippen molar-refractivity contribution in [1.82, 2.24) is 4.90 Å². The number of nitrogens with zero attached hydrogens (tertiary/aromatic N) is 1. The molecule has 116 valence electrons. The summed E-state index contributed by atoms with van der Waals surface area (Å²) in [6.07, 6.45) is 4.49. The fourth-order valence-electron chi connectivity index (χ4n) is 3.00. The highest BCUT2D eigenvalue weighted by atomic mass is 19.1. The number of anilines is 2. The lowest BCUT2D eigenvalue weighted by molar-refractivity contribution is -0.122. The summed E-state index contributed by atoms with van der Waals surface area (Å²) in [5.41, 5.74) is 6.22. The maximum atomic E-state index is 13.7. The summed E-state index contributed by atoms with van der Waals surface area (Å²) >= 11 is 0. The summed E-state index contributed by atoms with van der Waals surface area (Å²) in [4.78, 5) is 14.6. The quantitative estimate of drug-likeness (QED) is 0.839. The second-order valence-electron chi connectivity index (χ2n) is 5.70. The van der Waals surface area contributed by atoms with Crippen LogP contribution in [0.2, 0.25) is 0 Å². The zero-order chi connectivity index (χ0) is 15.4. The number of carbonyl (C=O) groups excluding carboxylic acids is 1. The number of rotatable bonds is 4. The minimum Gasteiger partial charge on any atom is -0.399 e. The number of nitrogen functional groups attached to an aromatic ring is 1. The van der Waals surface area contributed by atoms with Crippen LogP contribution in [0.1, 0.15) is 39.5 Å². The Morgan fingerprint density at radius 1 is 1.52 bits per heavy atom. The molecule has 0 spiro atoms. The number of hydrogen-bond donors (Lipinski definition) is 2. The molecule has 1 aliphatic heterocycles. The first-order valence-electron chi connectivity index (χ1n) is 7.64. The maximum Gasteiger partial charge on any atom is 0.241 e. The van der Waals surface area contributed by atoms with Crippen molar-refractivity contribution >= 4 is 17.3 Å². The van der Waals surface area contributed by atoms with Crippen molar-refractivity contribution in [3.63, 3.8) is 0 Å². The Morgan fingerprint density at radius 3 is 3.00 bits per heavy atom. The highest BCUT2D eigenvalue weighted by Crippen LogP contribution is 2.23. The number of amides is 1. The molecule has 5 heteroatoms. The molecule has 3 N–H and O–H groups in total. The molecule has 2 atom stereocenters. The first-order chi connectivity index (χ1) is 10.0. The second-order valence-corrected chi connectivity index (χ2v) is 5.70. The van der Waals surface area contributed by atoms with Crippen LogP contribution in [0.4, 0.5) is 15.8 Å². The van der Waals surface area contributed by atoms with E-state index in [1.54, 1.807) is 0 Å². The van der Waals surface area contributed by atoms with Crippen molar-refractivity contribution in [2.45, 2.75) is 51.6 Å². The minimum absolute atomic E-state index is 0.150. The van der Waals surface area contributed by atoms with Crippen LogP contribution in [0.15, 0.2) is 18.2 Å². The van der Waals surface area contributed by atoms with Crippen LogP contribution < -0.4 is 11.1 Å². The lowest BCUT2D eigenvalue weighted by Gasteiger charge is -2.38. The van der Waals surface area contributed by atoms with Gasteiger partial charge in [0.05, 0.1) is 11.7 Å². The molecule has 0 saturated carbocycles. The monoisotopic (exact) mass is 293 g/mol. The fraction of sp³-hybridized carbons (Fsp3) is 0.562. The Kier molecular flexibility index (Phi) is 5.17. The van der Waals surface area contributed by atoms with E-state index in [2.05, 4.69) is 17.1 Å². The van der Waals surface area contributed by atoms with Crippen molar-refractivity contribution in [3.05, 3.63) is 24.0 Å². The smallest absolute Gasteiger partial charge is 0.241 e. The first kappa shape index (κ1) is 15.8. The zero-order valence-corrected chi connectivity index (χ0v) is 12.7. The molecule has 1 aromatic carbocycles. The van der Waals surface area contributed by atoms with Gasteiger partial charge < -0.3 is 11.1 Å². The Labute approximate surface area is 125 Å². The van der Waals surface area contributed by atoms with Crippen LogP contribution in [-0.4, -0.2) is 29.4 Å². The molecule has 0 aliphatic carbocycles. The van der Waals surface area contributed by atoms with Crippen molar-refractivity contribution < 1.29 is 9.18 Å². The largest absolute Gasteiger partial charge is 0.399 e. The van der Waals surface area contributed by atoms with E-state index >= 15 is 0 Å². The highest BCUT2D eigenvalue weighted by molar-refractivity contribution is 5.95. The average Bonchev–Trinajstić information content (AvgIpc) is 2.50. The third-order valence-electron chi connectivity index (χ3n) is 4.27. The topological polar surface area (TPSA) is 58.4 Å². The number of benzene rings is 1.